The van der Waals surface area contributed by atoms with E-state index in [9.17, 15) is 14.7 Å². The van der Waals surface area contributed by atoms with Crippen molar-refractivity contribution in [3.8, 4) is 5.75 Å². The molecule has 0 bridgehead atoms. The lowest BCUT2D eigenvalue weighted by Crippen LogP contribution is -2.35. The maximum absolute atomic E-state index is 12.4. The number of carbonyl (C=O) groups excluding carboxylic acids is 1. The highest BCUT2D eigenvalue weighted by atomic mass is 16.5. The van der Waals surface area contributed by atoms with E-state index in [1.54, 1.807) is 36.4 Å². The molecule has 1 aromatic heterocycles. The lowest BCUT2D eigenvalue weighted by atomic mass is 10.1. The fourth-order valence-electron chi connectivity index (χ4n) is 2.47. The third-order valence-corrected chi connectivity index (χ3v) is 3.68. The fraction of sp³-hybridized carbons (Fsp3) is 0.158. The molecule has 3 N–H and O–H groups in total. The summed E-state index contributed by atoms with van der Waals surface area (Å²) in [6.45, 7) is 0.0766. The van der Waals surface area contributed by atoms with Crippen molar-refractivity contribution >= 4 is 16.8 Å². The van der Waals surface area contributed by atoms with Gasteiger partial charge in [0.25, 0.3) is 5.91 Å². The lowest BCUT2D eigenvalue weighted by Gasteiger charge is -2.14. The van der Waals surface area contributed by atoms with Crippen molar-refractivity contribution in [3.63, 3.8) is 0 Å². The number of aliphatic hydroxyl groups is 1. The summed E-state index contributed by atoms with van der Waals surface area (Å²) in [6.07, 6.45) is -0.864. The maximum atomic E-state index is 12.4. The monoisotopic (exact) mass is 338 g/mol. The minimum absolute atomic E-state index is 0.0206. The van der Waals surface area contributed by atoms with Crippen molar-refractivity contribution in [2.24, 2.45) is 0 Å². The van der Waals surface area contributed by atoms with E-state index in [-0.39, 0.29) is 24.3 Å². The Morgan fingerprint density at radius 1 is 1.12 bits per heavy atom. The molecule has 25 heavy (non-hydrogen) atoms. The van der Waals surface area contributed by atoms with Crippen LogP contribution in [-0.2, 0) is 0 Å². The fourth-order valence-corrected chi connectivity index (χ4v) is 2.47. The zero-order chi connectivity index (χ0) is 17.6. The molecule has 0 fully saturated rings. The number of hydrogen-bond acceptors (Lipinski definition) is 4. The van der Waals surface area contributed by atoms with Crippen LogP contribution in [0.25, 0.3) is 10.9 Å². The van der Waals surface area contributed by atoms with Gasteiger partial charge in [-0.15, -0.1) is 0 Å². The lowest BCUT2D eigenvalue weighted by molar-refractivity contribution is 0.0845. The first-order valence-corrected chi connectivity index (χ1v) is 7.89. The van der Waals surface area contributed by atoms with Crippen LogP contribution in [0.2, 0.25) is 0 Å². The Morgan fingerprint density at radius 3 is 2.64 bits per heavy atom. The number of para-hydroxylation sites is 2. The standard InChI is InChI=1S/C19H18N2O4/c22-13(12-25-14-6-2-1-3-7-14)11-20-19(24)16-10-18(23)21-17-9-5-4-8-15(16)17/h1-10,13,22H,11-12H2,(H,20,24)(H,21,23)/t13-/m0/s1. The summed E-state index contributed by atoms with van der Waals surface area (Å²) < 4.78 is 5.44. The van der Waals surface area contributed by atoms with E-state index in [4.69, 9.17) is 4.74 Å². The number of carbonyl (C=O) groups is 1. The Morgan fingerprint density at radius 2 is 1.84 bits per heavy atom. The molecule has 3 rings (SSSR count). The number of aliphatic hydroxyl groups excluding tert-OH is 1. The van der Waals surface area contributed by atoms with Crippen LogP contribution in [-0.4, -0.2) is 35.3 Å². The van der Waals surface area contributed by atoms with Crippen molar-refractivity contribution in [2.75, 3.05) is 13.2 Å². The average molecular weight is 338 g/mol. The number of aromatic amines is 1. The minimum atomic E-state index is -0.864. The Kier molecular flexibility index (Phi) is 5.11. The number of aromatic nitrogens is 1. The van der Waals surface area contributed by atoms with E-state index < -0.39 is 12.0 Å². The molecule has 0 spiro atoms. The summed E-state index contributed by atoms with van der Waals surface area (Å²) in [5.74, 6) is 0.231. The first-order chi connectivity index (χ1) is 12.1. The highest BCUT2D eigenvalue weighted by Gasteiger charge is 2.13. The third-order valence-electron chi connectivity index (χ3n) is 3.68. The first-order valence-electron chi connectivity index (χ1n) is 7.89. The Hall–Kier alpha value is -3.12. The van der Waals surface area contributed by atoms with E-state index in [0.29, 0.717) is 16.7 Å². The Labute approximate surface area is 144 Å². The van der Waals surface area contributed by atoms with Gasteiger partial charge >= 0.3 is 0 Å². The molecule has 1 heterocycles. The van der Waals surface area contributed by atoms with Crippen LogP contribution >= 0.6 is 0 Å². The van der Waals surface area contributed by atoms with Crippen LogP contribution in [0.5, 0.6) is 5.75 Å². The minimum Gasteiger partial charge on any atom is -0.491 e. The van der Waals surface area contributed by atoms with Gasteiger partial charge in [0, 0.05) is 23.5 Å². The van der Waals surface area contributed by atoms with E-state index in [0.717, 1.165) is 0 Å². The van der Waals surface area contributed by atoms with E-state index in [2.05, 4.69) is 10.3 Å². The van der Waals surface area contributed by atoms with Gasteiger partial charge in [-0.05, 0) is 18.2 Å². The van der Waals surface area contributed by atoms with Crippen LogP contribution in [0.3, 0.4) is 0 Å². The number of pyridine rings is 1. The number of fused-ring (bicyclic) bond motifs is 1. The number of ether oxygens (including phenoxy) is 1. The second-order valence-corrected chi connectivity index (χ2v) is 5.58. The van der Waals surface area contributed by atoms with Gasteiger partial charge < -0.3 is 20.1 Å². The third kappa shape index (κ3) is 4.24. The smallest absolute Gasteiger partial charge is 0.252 e. The van der Waals surface area contributed by atoms with Crippen LogP contribution < -0.4 is 15.6 Å². The largest absolute Gasteiger partial charge is 0.491 e. The zero-order valence-corrected chi connectivity index (χ0v) is 13.4. The van der Waals surface area contributed by atoms with Gasteiger partial charge in [-0.25, -0.2) is 0 Å². The molecular weight excluding hydrogens is 320 g/mol. The summed E-state index contributed by atoms with van der Waals surface area (Å²) in [5.41, 5.74) is 0.514. The number of amides is 1. The summed E-state index contributed by atoms with van der Waals surface area (Å²) >= 11 is 0. The molecule has 0 saturated heterocycles. The van der Waals surface area contributed by atoms with E-state index >= 15 is 0 Å². The molecule has 0 radical (unpaired) electrons. The molecule has 0 aliphatic rings. The second kappa shape index (κ2) is 7.63. The zero-order valence-electron chi connectivity index (χ0n) is 13.4. The summed E-state index contributed by atoms with van der Waals surface area (Å²) in [7, 11) is 0. The molecule has 0 unspecified atom stereocenters. The molecule has 6 heteroatoms. The van der Waals surface area contributed by atoms with Crippen molar-refractivity contribution < 1.29 is 14.6 Å². The molecular formula is C19H18N2O4. The second-order valence-electron chi connectivity index (χ2n) is 5.58. The molecule has 0 aliphatic carbocycles. The summed E-state index contributed by atoms with van der Waals surface area (Å²) in [6, 6.07) is 17.4. The highest BCUT2D eigenvalue weighted by Crippen LogP contribution is 2.14. The topological polar surface area (TPSA) is 91.4 Å². The summed E-state index contributed by atoms with van der Waals surface area (Å²) in [5, 5.41) is 13.2. The highest BCUT2D eigenvalue weighted by molar-refractivity contribution is 6.05. The first kappa shape index (κ1) is 16.7. The van der Waals surface area contributed by atoms with Gasteiger partial charge in [-0.2, -0.15) is 0 Å². The number of hydrogen-bond donors (Lipinski definition) is 3. The normalized spacial score (nSPS) is 11.9. The van der Waals surface area contributed by atoms with E-state index in [1.165, 1.54) is 6.07 Å². The molecule has 0 saturated carbocycles. The van der Waals surface area contributed by atoms with Gasteiger partial charge in [0.2, 0.25) is 5.56 Å². The number of rotatable bonds is 6. The van der Waals surface area contributed by atoms with Crippen LogP contribution in [0.15, 0.2) is 65.5 Å². The molecule has 3 aromatic rings. The summed E-state index contributed by atoms with van der Waals surface area (Å²) in [4.78, 5) is 26.8. The van der Waals surface area contributed by atoms with Gasteiger partial charge in [0.05, 0.1) is 5.56 Å². The van der Waals surface area contributed by atoms with Crippen LogP contribution in [0.4, 0.5) is 0 Å². The van der Waals surface area contributed by atoms with Crippen molar-refractivity contribution in [1.29, 1.82) is 0 Å². The van der Waals surface area contributed by atoms with Crippen LogP contribution in [0, 0.1) is 0 Å². The predicted octanol–water partition coefficient (Wildman–Crippen LogP) is 1.70. The number of nitrogens with one attached hydrogen (secondary N) is 2. The number of H-pyrrole nitrogens is 1. The number of benzene rings is 2. The molecule has 1 atom stereocenters. The molecule has 0 aliphatic heterocycles. The quantitative estimate of drug-likeness (QED) is 0.638. The Balaban J connectivity index is 1.62. The van der Waals surface area contributed by atoms with Gasteiger partial charge in [0.15, 0.2) is 0 Å². The van der Waals surface area contributed by atoms with E-state index in [1.807, 2.05) is 18.2 Å². The Bertz CT molecular complexity index is 921. The maximum Gasteiger partial charge on any atom is 0.252 e. The van der Waals surface area contributed by atoms with Gasteiger partial charge in [0.1, 0.15) is 18.5 Å². The molecule has 1 amide bonds. The van der Waals surface area contributed by atoms with Crippen molar-refractivity contribution in [3.05, 3.63) is 76.6 Å². The SMILES string of the molecule is O=C(NC[C@H](O)COc1ccccc1)c1cc(=O)[nH]c2ccccc12. The molecule has 128 valence electrons. The average Bonchev–Trinajstić information content (AvgIpc) is 2.64. The molecule has 2 aromatic carbocycles. The van der Waals surface area contributed by atoms with Crippen molar-refractivity contribution in [2.45, 2.75) is 6.10 Å². The predicted molar refractivity (Wildman–Crippen MR) is 94.8 cm³/mol. The van der Waals surface area contributed by atoms with Gasteiger partial charge in [-0.1, -0.05) is 36.4 Å². The molecule has 6 nitrogen and oxygen atoms in total. The van der Waals surface area contributed by atoms with Crippen molar-refractivity contribution in [1.82, 2.24) is 10.3 Å². The van der Waals surface area contributed by atoms with Crippen LogP contribution in [0.1, 0.15) is 10.4 Å². The van der Waals surface area contributed by atoms with Gasteiger partial charge in [-0.3, -0.25) is 9.59 Å².